The van der Waals surface area contributed by atoms with Crippen molar-refractivity contribution in [3.05, 3.63) is 89.5 Å². The third-order valence-corrected chi connectivity index (χ3v) is 7.83. The van der Waals surface area contributed by atoms with Crippen molar-refractivity contribution in [2.75, 3.05) is 14.2 Å². The molecule has 1 aliphatic carbocycles. The molecular weight excluding hydrogens is 504 g/mol. The van der Waals surface area contributed by atoms with Gasteiger partial charge in [-0.05, 0) is 33.9 Å². The van der Waals surface area contributed by atoms with Crippen molar-refractivity contribution in [2.24, 2.45) is 5.41 Å². The first-order chi connectivity index (χ1) is 19.4. The molecule has 8 heteroatoms. The van der Waals surface area contributed by atoms with E-state index in [-0.39, 0.29) is 11.2 Å². The van der Waals surface area contributed by atoms with Gasteiger partial charge in [-0.25, -0.2) is 14.5 Å². The van der Waals surface area contributed by atoms with Crippen molar-refractivity contribution in [3.63, 3.8) is 0 Å². The number of benzene rings is 3. The predicted octanol–water partition coefficient (Wildman–Crippen LogP) is 6.13. The van der Waals surface area contributed by atoms with Gasteiger partial charge < -0.3 is 14.2 Å². The molecule has 0 unspecified atom stereocenters. The van der Waals surface area contributed by atoms with Gasteiger partial charge in [-0.15, -0.1) is 5.10 Å². The molecule has 0 amide bonds. The van der Waals surface area contributed by atoms with Crippen molar-refractivity contribution >= 4 is 22.2 Å². The van der Waals surface area contributed by atoms with Crippen LogP contribution in [0.1, 0.15) is 43.7 Å². The Balaban J connectivity index is 1.48. The third kappa shape index (κ3) is 3.74. The molecular formula is C32H28N4O4. The number of Topliss-reactive ketones (excluding diaryl/α,β-unsaturated/α-hetero) is 1. The zero-order chi connectivity index (χ0) is 27.6. The number of fused-ring (bicyclic) bond motifs is 4. The van der Waals surface area contributed by atoms with E-state index in [1.165, 1.54) is 0 Å². The van der Waals surface area contributed by atoms with Crippen LogP contribution < -0.4 is 14.2 Å². The smallest absolute Gasteiger partial charge is 0.228 e. The Morgan fingerprint density at radius 3 is 2.60 bits per heavy atom. The fourth-order valence-electron chi connectivity index (χ4n) is 6.05. The minimum Gasteiger partial charge on any atom is -0.493 e. The summed E-state index contributed by atoms with van der Waals surface area (Å²) in [6.07, 6.45) is 2.69. The lowest BCUT2D eigenvalue weighted by Crippen LogP contribution is -2.33. The van der Waals surface area contributed by atoms with E-state index in [4.69, 9.17) is 24.3 Å². The third-order valence-electron chi connectivity index (χ3n) is 7.83. The van der Waals surface area contributed by atoms with E-state index < -0.39 is 5.92 Å². The van der Waals surface area contributed by atoms with Crippen LogP contribution in [0, 0.1) is 5.41 Å². The van der Waals surface area contributed by atoms with Crippen LogP contribution in [0.4, 0.5) is 0 Å². The molecule has 2 aromatic heterocycles. The average molecular weight is 533 g/mol. The summed E-state index contributed by atoms with van der Waals surface area (Å²) in [5.41, 5.74) is 3.52. The van der Waals surface area contributed by atoms with Crippen LogP contribution in [0.25, 0.3) is 27.8 Å². The van der Waals surface area contributed by atoms with Gasteiger partial charge in [-0.2, -0.15) is 0 Å². The highest BCUT2D eigenvalue weighted by molar-refractivity contribution is 6.01. The summed E-state index contributed by atoms with van der Waals surface area (Å²) in [7, 11) is 3.21. The van der Waals surface area contributed by atoms with Crippen LogP contribution in [-0.2, 0) is 4.79 Å². The number of carbonyl (C=O) groups excluding carboxylic acids is 1. The van der Waals surface area contributed by atoms with Crippen LogP contribution in [0.2, 0.25) is 0 Å². The second-order valence-corrected chi connectivity index (χ2v) is 11.1. The van der Waals surface area contributed by atoms with E-state index in [0.29, 0.717) is 58.6 Å². The van der Waals surface area contributed by atoms with Gasteiger partial charge in [-0.1, -0.05) is 62.4 Å². The Morgan fingerprint density at radius 2 is 1.77 bits per heavy atom. The maximum atomic E-state index is 13.8. The summed E-state index contributed by atoms with van der Waals surface area (Å²) in [4.78, 5) is 23.5. The number of allylic oxidation sites excluding steroid dienone is 2. The monoisotopic (exact) mass is 532 g/mol. The first-order valence-electron chi connectivity index (χ1n) is 13.3. The summed E-state index contributed by atoms with van der Waals surface area (Å²) >= 11 is 0. The molecule has 0 radical (unpaired) electrons. The van der Waals surface area contributed by atoms with Crippen molar-refractivity contribution in [1.29, 1.82) is 0 Å². The van der Waals surface area contributed by atoms with E-state index >= 15 is 0 Å². The van der Waals surface area contributed by atoms with E-state index in [1.54, 1.807) is 25.1 Å². The van der Waals surface area contributed by atoms with Crippen molar-refractivity contribution in [2.45, 2.75) is 32.6 Å². The highest BCUT2D eigenvalue weighted by Crippen LogP contribution is 2.51. The van der Waals surface area contributed by atoms with E-state index in [9.17, 15) is 4.79 Å². The SMILES string of the molecule is COc1ccc([C@H]2C3=C(CC(C)(C)CC3=O)Oc3ncn4nc(-c5cccc6ccccc56)nc4c32)cc1OC. The molecule has 3 aromatic carbocycles. The fraction of sp³-hybridized carbons (Fsp3) is 0.250. The maximum Gasteiger partial charge on any atom is 0.228 e. The zero-order valence-electron chi connectivity index (χ0n) is 22.8. The number of carbonyl (C=O) groups is 1. The fourth-order valence-corrected chi connectivity index (χ4v) is 6.05. The molecule has 40 heavy (non-hydrogen) atoms. The van der Waals surface area contributed by atoms with Gasteiger partial charge in [-0.3, -0.25) is 4.79 Å². The molecule has 1 aliphatic heterocycles. The first-order valence-corrected chi connectivity index (χ1v) is 13.3. The van der Waals surface area contributed by atoms with Gasteiger partial charge in [0, 0.05) is 24.0 Å². The molecule has 8 nitrogen and oxygen atoms in total. The summed E-state index contributed by atoms with van der Waals surface area (Å²) in [5.74, 6) is 2.48. The lowest BCUT2D eigenvalue weighted by molar-refractivity contribution is -0.118. The van der Waals surface area contributed by atoms with Gasteiger partial charge in [0.25, 0.3) is 0 Å². The molecule has 0 spiro atoms. The Bertz CT molecular complexity index is 1860. The number of rotatable bonds is 4. The van der Waals surface area contributed by atoms with Gasteiger partial charge in [0.1, 0.15) is 12.1 Å². The lowest BCUT2D eigenvalue weighted by Gasteiger charge is -2.37. The van der Waals surface area contributed by atoms with E-state index in [1.807, 2.05) is 42.5 Å². The van der Waals surface area contributed by atoms with Gasteiger partial charge in [0.05, 0.1) is 25.7 Å². The average Bonchev–Trinajstić information content (AvgIpc) is 3.39. The van der Waals surface area contributed by atoms with Crippen LogP contribution in [0.3, 0.4) is 0 Å². The summed E-state index contributed by atoms with van der Waals surface area (Å²) in [6, 6.07) is 20.0. The number of ketones is 1. The van der Waals surface area contributed by atoms with E-state index in [0.717, 1.165) is 21.9 Å². The molecule has 5 aromatic rings. The van der Waals surface area contributed by atoms with Gasteiger partial charge in [0.2, 0.25) is 5.88 Å². The minimum absolute atomic E-state index is 0.0625. The quantitative estimate of drug-likeness (QED) is 0.275. The topological polar surface area (TPSA) is 87.8 Å². The predicted molar refractivity (Wildman–Crippen MR) is 151 cm³/mol. The lowest BCUT2D eigenvalue weighted by atomic mass is 9.70. The minimum atomic E-state index is -0.456. The van der Waals surface area contributed by atoms with Crippen molar-refractivity contribution in [1.82, 2.24) is 19.6 Å². The Morgan fingerprint density at radius 1 is 0.975 bits per heavy atom. The highest BCUT2D eigenvalue weighted by Gasteiger charge is 2.44. The highest BCUT2D eigenvalue weighted by atomic mass is 16.5. The largest absolute Gasteiger partial charge is 0.493 e. The standard InChI is InChI=1S/C32H28N4O4/c1-32(2)15-22(37)27-25(16-32)40-31-28(26(27)19-12-13-23(38-3)24(14-19)39-4)30-34-29(35-36(30)17-33-31)21-11-7-9-18-8-5-6-10-20(18)21/h5-14,17,26H,15-16H2,1-4H3/t26-/m0/s1. The van der Waals surface area contributed by atoms with Crippen LogP contribution >= 0.6 is 0 Å². The second kappa shape index (κ2) is 8.91. The van der Waals surface area contributed by atoms with Crippen molar-refractivity contribution < 1.29 is 19.0 Å². The number of methoxy groups -OCH3 is 2. The van der Waals surface area contributed by atoms with Crippen LogP contribution in [0.15, 0.2) is 78.3 Å². The molecule has 200 valence electrons. The zero-order valence-corrected chi connectivity index (χ0v) is 22.8. The number of aromatic nitrogens is 4. The van der Waals surface area contributed by atoms with Crippen molar-refractivity contribution in [3.8, 4) is 28.8 Å². The van der Waals surface area contributed by atoms with Crippen LogP contribution in [0.5, 0.6) is 17.4 Å². The Kier molecular flexibility index (Phi) is 5.42. The van der Waals surface area contributed by atoms with E-state index in [2.05, 4.69) is 37.0 Å². The maximum absolute atomic E-state index is 13.8. The Labute approximate surface area is 231 Å². The molecule has 2 aliphatic rings. The van der Waals surface area contributed by atoms with Gasteiger partial charge >= 0.3 is 0 Å². The van der Waals surface area contributed by atoms with Gasteiger partial charge in [0.15, 0.2) is 28.8 Å². The number of nitrogens with zero attached hydrogens (tertiary/aromatic N) is 4. The molecule has 0 saturated carbocycles. The summed E-state index contributed by atoms with van der Waals surface area (Å²) < 4.78 is 19.2. The number of ether oxygens (including phenoxy) is 3. The molecule has 0 N–H and O–H groups in total. The number of hydrogen-bond acceptors (Lipinski definition) is 7. The van der Waals surface area contributed by atoms with Crippen LogP contribution in [-0.4, -0.2) is 39.6 Å². The second-order valence-electron chi connectivity index (χ2n) is 11.1. The summed E-state index contributed by atoms with van der Waals surface area (Å²) in [6.45, 7) is 4.18. The molecule has 3 heterocycles. The molecule has 7 rings (SSSR count). The molecule has 0 bridgehead atoms. The number of hydrogen-bond donors (Lipinski definition) is 0. The normalized spacial score (nSPS) is 17.9. The Hall–Kier alpha value is -4.72. The molecule has 0 fully saturated rings. The molecule has 1 atom stereocenters. The molecule has 0 saturated heterocycles. The summed E-state index contributed by atoms with van der Waals surface area (Å²) in [5, 5.41) is 6.99. The first kappa shape index (κ1) is 24.3.